The van der Waals surface area contributed by atoms with Crippen molar-refractivity contribution >= 4 is 5.91 Å². The molecule has 1 aliphatic heterocycles. The second kappa shape index (κ2) is 7.71. The summed E-state index contributed by atoms with van der Waals surface area (Å²) in [6, 6.07) is 2.45. The molecule has 2 rings (SSSR count). The van der Waals surface area contributed by atoms with Crippen LogP contribution >= 0.6 is 0 Å². The van der Waals surface area contributed by atoms with Crippen LogP contribution in [0.1, 0.15) is 10.4 Å². The van der Waals surface area contributed by atoms with Gasteiger partial charge >= 0.3 is 6.36 Å². The maximum absolute atomic E-state index is 13.6. The lowest BCUT2D eigenvalue weighted by Gasteiger charge is -2.14. The Kier molecular flexibility index (Phi) is 5.65. The lowest BCUT2D eigenvalue weighted by atomic mass is 10.2. The minimum absolute atomic E-state index is 0.0469. The Hall–Kier alpha value is -3.01. The molecule has 6 N–H and O–H groups in total. The second-order valence-electron chi connectivity index (χ2n) is 4.81. The molecule has 10 heteroatoms. The van der Waals surface area contributed by atoms with Crippen molar-refractivity contribution in [1.29, 1.82) is 0 Å². The zero-order valence-electron chi connectivity index (χ0n) is 12.8. The van der Waals surface area contributed by atoms with E-state index in [4.69, 9.17) is 0 Å². The van der Waals surface area contributed by atoms with Gasteiger partial charge in [0.2, 0.25) is 0 Å². The fraction of sp³-hybridized carbons (Fsp3) is 0.133. The van der Waals surface area contributed by atoms with Gasteiger partial charge in [-0.05, 0) is 30.4 Å². The molecule has 0 saturated carbocycles. The number of carbonyl (C=O) groups excluding carboxylic acids is 1. The molecule has 0 aliphatic carbocycles. The minimum Gasteiger partial charge on any atom is -0.403 e. The molecular weight excluding hydrogens is 344 g/mol. The van der Waals surface area contributed by atoms with Gasteiger partial charge < -0.3 is 15.4 Å². The molecule has 134 valence electrons. The molecule has 1 aromatic carbocycles. The van der Waals surface area contributed by atoms with Crippen LogP contribution < -0.4 is 26.6 Å². The third-order valence-electron chi connectivity index (χ3n) is 3.09. The summed E-state index contributed by atoms with van der Waals surface area (Å²) in [5.41, 5.74) is 3.77. The lowest BCUT2D eigenvalue weighted by Crippen LogP contribution is -2.65. The summed E-state index contributed by atoms with van der Waals surface area (Å²) in [4.78, 5) is 12.0. The first-order chi connectivity index (χ1) is 11.8. The van der Waals surface area contributed by atoms with Crippen LogP contribution in [0.2, 0.25) is 0 Å². The maximum atomic E-state index is 13.6. The molecule has 0 fully saturated rings. The van der Waals surface area contributed by atoms with Crippen molar-refractivity contribution in [2.75, 3.05) is 6.54 Å². The summed E-state index contributed by atoms with van der Waals surface area (Å²) in [6.45, 7) is 0.0469. The molecule has 0 unspecified atom stereocenters. The van der Waals surface area contributed by atoms with E-state index in [9.17, 15) is 22.4 Å². The van der Waals surface area contributed by atoms with E-state index in [2.05, 4.69) is 26.6 Å². The van der Waals surface area contributed by atoms with E-state index in [-0.39, 0.29) is 12.1 Å². The zero-order valence-corrected chi connectivity index (χ0v) is 12.8. The third-order valence-corrected chi connectivity index (χ3v) is 3.09. The van der Waals surface area contributed by atoms with Crippen molar-refractivity contribution < 1.29 is 32.9 Å². The average Bonchev–Trinajstić information content (AvgIpc) is 2.57. The number of dihydropyridines is 1. The van der Waals surface area contributed by atoms with Crippen LogP contribution in [0, 0.1) is 5.82 Å². The van der Waals surface area contributed by atoms with Gasteiger partial charge in [0.1, 0.15) is 5.70 Å². The Morgan fingerprint density at radius 3 is 2.60 bits per heavy atom. The van der Waals surface area contributed by atoms with Gasteiger partial charge in [-0.3, -0.25) is 10.6 Å². The molecule has 1 aliphatic rings. The summed E-state index contributed by atoms with van der Waals surface area (Å²) >= 11 is 0. The molecule has 0 saturated heterocycles. The van der Waals surface area contributed by atoms with Crippen LogP contribution in [-0.2, 0) is 0 Å². The molecule has 25 heavy (non-hydrogen) atoms. The highest BCUT2D eigenvalue weighted by molar-refractivity contribution is 5.94. The van der Waals surface area contributed by atoms with Crippen molar-refractivity contribution in [2.24, 2.45) is 0 Å². The summed E-state index contributed by atoms with van der Waals surface area (Å²) in [6.07, 6.45) is 1.97. The molecule has 6 nitrogen and oxygen atoms in total. The molecule has 0 radical (unpaired) electrons. The van der Waals surface area contributed by atoms with E-state index in [0.717, 1.165) is 12.1 Å². The first kappa shape index (κ1) is 18.3. The average molecular weight is 359 g/mol. The quantitative estimate of drug-likeness (QED) is 0.468. The Balaban J connectivity index is 2.04. The van der Waals surface area contributed by atoms with Crippen LogP contribution in [0.25, 0.3) is 0 Å². The fourth-order valence-electron chi connectivity index (χ4n) is 1.95. The summed E-state index contributed by atoms with van der Waals surface area (Å²) < 4.78 is 53.5. The van der Waals surface area contributed by atoms with Gasteiger partial charge in [0, 0.05) is 11.8 Å². The largest absolute Gasteiger partial charge is 0.573 e. The van der Waals surface area contributed by atoms with Gasteiger partial charge in [0.05, 0.1) is 12.2 Å². The number of ether oxygens (including phenoxy) is 1. The fourth-order valence-corrected chi connectivity index (χ4v) is 1.95. The molecule has 1 heterocycles. The van der Waals surface area contributed by atoms with Crippen molar-refractivity contribution in [3.63, 3.8) is 0 Å². The maximum Gasteiger partial charge on any atom is 0.573 e. The van der Waals surface area contributed by atoms with Gasteiger partial charge in [-0.2, -0.15) is 0 Å². The topological polar surface area (TPSA) is 90.0 Å². The van der Waals surface area contributed by atoms with Crippen molar-refractivity contribution in [3.05, 3.63) is 65.4 Å². The molecule has 0 spiro atoms. The predicted octanol–water partition coefficient (Wildman–Crippen LogP) is 1.09. The van der Waals surface area contributed by atoms with Crippen molar-refractivity contribution in [2.45, 2.75) is 6.36 Å². The highest BCUT2D eigenvalue weighted by Crippen LogP contribution is 2.26. The molecule has 1 aromatic rings. The summed E-state index contributed by atoms with van der Waals surface area (Å²) in [7, 11) is 0. The highest BCUT2D eigenvalue weighted by Gasteiger charge is 2.32. The van der Waals surface area contributed by atoms with Crippen molar-refractivity contribution in [3.8, 4) is 5.75 Å². The van der Waals surface area contributed by atoms with Gasteiger partial charge in [-0.25, -0.2) is 9.82 Å². The van der Waals surface area contributed by atoms with Crippen LogP contribution in [0.15, 0.2) is 54.0 Å². The van der Waals surface area contributed by atoms with Crippen LogP contribution in [0.4, 0.5) is 17.6 Å². The Morgan fingerprint density at radius 1 is 1.28 bits per heavy atom. The number of amides is 1. The minimum atomic E-state index is -5.01. The summed E-state index contributed by atoms with van der Waals surface area (Å²) in [5, 5.41) is 5.46. The SMILES string of the molecule is [NH3+]N/C(CNC(=O)c1ccc(OC(F)(F)F)c(F)c1)=C1/C=CC=CN1. The van der Waals surface area contributed by atoms with E-state index in [0.29, 0.717) is 17.5 Å². The molecule has 0 atom stereocenters. The van der Waals surface area contributed by atoms with Crippen LogP contribution in [-0.4, -0.2) is 18.8 Å². The van der Waals surface area contributed by atoms with Gasteiger partial charge in [-0.15, -0.1) is 13.2 Å². The van der Waals surface area contributed by atoms with E-state index < -0.39 is 23.8 Å². The lowest BCUT2D eigenvalue weighted by molar-refractivity contribution is -0.432. The smallest absolute Gasteiger partial charge is 0.403 e. The number of alkyl halides is 3. The first-order valence-electron chi connectivity index (χ1n) is 6.99. The number of allylic oxidation sites excluding steroid dienone is 3. The van der Waals surface area contributed by atoms with Crippen molar-refractivity contribution in [1.82, 2.24) is 16.1 Å². The number of carbonyl (C=O) groups is 1. The van der Waals surface area contributed by atoms with Gasteiger partial charge in [-0.1, -0.05) is 6.08 Å². The Labute approximate surface area is 140 Å². The molecule has 0 aromatic heterocycles. The van der Waals surface area contributed by atoms with Crippen LogP contribution in [0.3, 0.4) is 0 Å². The van der Waals surface area contributed by atoms with E-state index in [1.807, 2.05) is 0 Å². The molecule has 1 amide bonds. The number of rotatable bonds is 5. The van der Waals surface area contributed by atoms with Gasteiger partial charge in [0.25, 0.3) is 5.91 Å². The monoisotopic (exact) mass is 359 g/mol. The highest BCUT2D eigenvalue weighted by atomic mass is 19.4. The second-order valence-corrected chi connectivity index (χ2v) is 4.81. The summed E-state index contributed by atoms with van der Waals surface area (Å²) in [5.74, 6) is 0.570. The molecular formula is C15H15F4N4O2+. The number of hydrogen-bond acceptors (Lipinski definition) is 4. The Bertz CT molecular complexity index is 742. The molecule has 0 bridgehead atoms. The number of benzene rings is 1. The van der Waals surface area contributed by atoms with E-state index in [1.54, 1.807) is 24.4 Å². The van der Waals surface area contributed by atoms with E-state index >= 15 is 0 Å². The zero-order chi connectivity index (χ0) is 18.4. The predicted molar refractivity (Wildman–Crippen MR) is 79.9 cm³/mol. The van der Waals surface area contributed by atoms with E-state index in [1.165, 1.54) is 0 Å². The normalized spacial score (nSPS) is 15.4. The number of hydrogen-bond donors (Lipinski definition) is 4. The third kappa shape index (κ3) is 5.24. The number of nitrogens with one attached hydrogen (secondary N) is 3. The standard InChI is InChI=1S/C15H14F4N4O2/c16-10-7-9(4-5-13(10)25-15(17,18)19)14(24)22-8-12(23-20)11-3-1-2-6-21-11/h1-7,21,23H,8,20H2,(H,22,24)/p+1/b12-11-. The first-order valence-corrected chi connectivity index (χ1v) is 6.99. The van der Waals surface area contributed by atoms with Gasteiger partial charge in [0.15, 0.2) is 11.6 Å². The van der Waals surface area contributed by atoms with Crippen LogP contribution in [0.5, 0.6) is 5.75 Å². The number of halogens is 4. The number of quaternary nitrogens is 1. The Morgan fingerprint density at radius 2 is 2.04 bits per heavy atom.